The Morgan fingerprint density at radius 1 is 1.36 bits per heavy atom. The number of primary sulfonamides is 1. The molecular weight excluding hydrogens is 532 g/mol. The summed E-state index contributed by atoms with van der Waals surface area (Å²) in [5.41, 5.74) is 7.49. The number of nitrogens with zero attached hydrogens (tertiary/aromatic N) is 4. The molecule has 2 aliphatic heterocycles. The van der Waals surface area contributed by atoms with Gasteiger partial charge in [0.15, 0.2) is 0 Å². The average Bonchev–Trinajstić information content (AvgIpc) is 3.33. The number of aromatic nitrogens is 4. The summed E-state index contributed by atoms with van der Waals surface area (Å²) in [5.74, 6) is -2.49. The maximum atomic E-state index is 13.0. The van der Waals surface area contributed by atoms with Gasteiger partial charge in [0.25, 0.3) is 5.91 Å². The van der Waals surface area contributed by atoms with Gasteiger partial charge in [-0.05, 0) is 29.2 Å². The van der Waals surface area contributed by atoms with Gasteiger partial charge in [0.2, 0.25) is 21.1 Å². The van der Waals surface area contributed by atoms with Crippen LogP contribution in [0.2, 0.25) is 0 Å². The van der Waals surface area contributed by atoms with E-state index in [-0.39, 0.29) is 35.4 Å². The van der Waals surface area contributed by atoms with Crippen LogP contribution in [0, 0.1) is 0 Å². The van der Waals surface area contributed by atoms with Crippen LogP contribution in [-0.4, -0.2) is 85.0 Å². The van der Waals surface area contributed by atoms with Crippen molar-refractivity contribution in [3.05, 3.63) is 34.7 Å². The molecule has 0 aromatic carbocycles. The van der Waals surface area contributed by atoms with Crippen molar-refractivity contribution in [2.45, 2.75) is 47.5 Å². The van der Waals surface area contributed by atoms with Crippen LogP contribution in [0.15, 0.2) is 39.8 Å². The number of fused-ring (bicyclic) bond motifs is 1. The topological polar surface area (TPSA) is 227 Å². The normalized spacial score (nSPS) is 22.8. The summed E-state index contributed by atoms with van der Waals surface area (Å²) >= 11 is 2.30. The van der Waals surface area contributed by atoms with Gasteiger partial charge in [-0.2, -0.15) is 5.21 Å². The van der Waals surface area contributed by atoms with Crippen LogP contribution >= 0.6 is 23.5 Å². The second-order valence-corrected chi connectivity index (χ2v) is 12.3. The molecule has 4 rings (SSSR count). The number of hydrogen-bond donors (Lipinski definition) is 5. The highest BCUT2D eigenvalue weighted by Crippen LogP contribution is 2.44. The number of amides is 2. The van der Waals surface area contributed by atoms with Crippen LogP contribution in [0.25, 0.3) is 0 Å². The summed E-state index contributed by atoms with van der Waals surface area (Å²) in [4.78, 5) is 39.0. The Morgan fingerprint density at radius 2 is 2.11 bits per heavy atom. The molecule has 2 amide bonds. The predicted octanol–water partition coefficient (Wildman–Crippen LogP) is -0.969. The number of hydrogen-bond acceptors (Lipinski definition) is 11. The first kappa shape index (κ1) is 26.2. The number of rotatable bonds is 10. The van der Waals surface area contributed by atoms with Gasteiger partial charge in [0.1, 0.15) is 17.1 Å². The molecule has 7 N–H and O–H groups in total. The molecule has 14 nitrogen and oxygen atoms in total. The number of aliphatic carboxylic acids is 1. The first-order valence-electron chi connectivity index (χ1n) is 10.8. The highest BCUT2D eigenvalue weighted by atomic mass is 32.2. The van der Waals surface area contributed by atoms with E-state index in [1.165, 1.54) is 11.8 Å². The highest BCUT2D eigenvalue weighted by Gasteiger charge is 2.54. The number of aromatic amines is 1. The zero-order valence-electron chi connectivity index (χ0n) is 18.8. The summed E-state index contributed by atoms with van der Waals surface area (Å²) in [6.45, 7) is 0. The van der Waals surface area contributed by atoms with E-state index in [1.54, 1.807) is 0 Å². The number of carboxylic acids is 1. The zero-order valence-corrected chi connectivity index (χ0v) is 21.2. The second kappa shape index (κ2) is 10.6. The largest absolute Gasteiger partial charge is 0.477 e. The number of nitrogens with one attached hydrogen (secondary N) is 2. The number of carbonyl (C=O) groups excluding carboxylic acids is 2. The van der Waals surface area contributed by atoms with Gasteiger partial charge in [-0.3, -0.25) is 14.5 Å². The number of carbonyl (C=O) groups is 3. The minimum Gasteiger partial charge on any atom is -0.477 e. The van der Waals surface area contributed by atoms with Gasteiger partial charge < -0.3 is 16.2 Å². The van der Waals surface area contributed by atoms with E-state index < -0.39 is 44.3 Å². The van der Waals surface area contributed by atoms with Crippen LogP contribution in [0.5, 0.6) is 0 Å². The molecule has 3 heterocycles. The molecule has 3 aliphatic rings. The number of β-lactam (4-membered cyclic amide) rings is 1. The van der Waals surface area contributed by atoms with E-state index in [0.717, 1.165) is 22.2 Å². The third-order valence-electron chi connectivity index (χ3n) is 5.84. The highest BCUT2D eigenvalue weighted by molar-refractivity contribution is 8.01. The molecule has 1 aromatic rings. The maximum Gasteiger partial charge on any atom is 0.352 e. The summed E-state index contributed by atoms with van der Waals surface area (Å²) in [6.07, 6.45) is 5.02. The minimum atomic E-state index is -3.83. The molecule has 36 heavy (non-hydrogen) atoms. The lowest BCUT2D eigenvalue weighted by Gasteiger charge is -2.50. The maximum absolute atomic E-state index is 13.0. The lowest BCUT2D eigenvalue weighted by molar-refractivity contribution is -0.150. The number of sulfonamides is 1. The van der Waals surface area contributed by atoms with Crippen molar-refractivity contribution >= 4 is 51.3 Å². The van der Waals surface area contributed by atoms with Crippen molar-refractivity contribution in [1.82, 2.24) is 30.8 Å². The molecule has 1 aliphatic carbocycles. The van der Waals surface area contributed by atoms with Crippen LogP contribution < -0.4 is 16.2 Å². The van der Waals surface area contributed by atoms with Crippen molar-refractivity contribution in [3.8, 4) is 0 Å². The van der Waals surface area contributed by atoms with Crippen molar-refractivity contribution < 1.29 is 27.9 Å². The molecule has 0 spiro atoms. The number of nitrogens with two attached hydrogens (primary N) is 2. The molecule has 1 aromatic heterocycles. The Morgan fingerprint density at radius 3 is 2.75 bits per heavy atom. The Labute approximate surface area is 214 Å². The van der Waals surface area contributed by atoms with Gasteiger partial charge in [-0.1, -0.05) is 23.9 Å². The first-order chi connectivity index (χ1) is 17.0. The summed E-state index contributed by atoms with van der Waals surface area (Å²) in [5, 5.41) is 30.2. The molecule has 1 saturated heterocycles. The van der Waals surface area contributed by atoms with E-state index in [4.69, 9.17) is 10.9 Å². The monoisotopic (exact) mass is 556 g/mol. The minimum absolute atomic E-state index is 0.0252. The second-order valence-electron chi connectivity index (χ2n) is 8.28. The lowest BCUT2D eigenvalue weighted by atomic mass is 9.98. The van der Waals surface area contributed by atoms with Crippen LogP contribution in [0.4, 0.5) is 0 Å². The number of H-pyrrole nitrogens is 1. The number of tetrazole rings is 1. The SMILES string of the molecule is NC1=C(CC(=O)NC2C(=O)N3C(C(=O)O)=C(C(CCS(N)(=O)=O)Sc4nn[nH]n4)CS[C@@H]23)CC=CC1. The third-order valence-corrected chi connectivity index (χ3v) is 9.14. The standard InChI is InChI=1S/C19H24N8O6S3/c20-11-4-2-1-3-9(11)7-13(28)22-14-16(29)27-15(18(30)31)10(8-34-17(14)27)12(5-6-36(21,32)33)35-19-23-25-26-24-19/h1-2,12,14,17H,3-8,20H2,(H,22,28)(H,30,31)(H2,21,32,33)(H,23,24,25,26)/t12?,14?,17-/m0/s1. The fraction of sp³-hybridized carbons (Fsp3) is 0.474. The van der Waals surface area contributed by atoms with Crippen molar-refractivity contribution in [2.24, 2.45) is 10.9 Å². The molecule has 1 fully saturated rings. The molecule has 194 valence electrons. The third kappa shape index (κ3) is 5.74. The average molecular weight is 557 g/mol. The van der Waals surface area contributed by atoms with Crippen LogP contribution in [0.1, 0.15) is 25.7 Å². The molecule has 0 bridgehead atoms. The summed E-state index contributed by atoms with van der Waals surface area (Å²) in [6, 6.07) is -0.882. The molecule has 0 radical (unpaired) electrons. The smallest absolute Gasteiger partial charge is 0.352 e. The Kier molecular flexibility index (Phi) is 7.72. The fourth-order valence-electron chi connectivity index (χ4n) is 4.11. The molecule has 0 saturated carbocycles. The number of thioether (sulfide) groups is 2. The van der Waals surface area contributed by atoms with Crippen molar-refractivity contribution in [1.29, 1.82) is 0 Å². The fourth-order valence-corrected chi connectivity index (χ4v) is 7.36. The molecule has 2 unspecified atom stereocenters. The van der Waals surface area contributed by atoms with Gasteiger partial charge in [-0.15, -0.1) is 22.0 Å². The van der Waals surface area contributed by atoms with Crippen molar-refractivity contribution in [2.75, 3.05) is 11.5 Å². The Bertz CT molecular complexity index is 1260. The molecule has 17 heteroatoms. The lowest BCUT2D eigenvalue weighted by Crippen LogP contribution is -2.70. The van der Waals surface area contributed by atoms with Gasteiger partial charge in [0, 0.05) is 29.5 Å². The van der Waals surface area contributed by atoms with E-state index >= 15 is 0 Å². The van der Waals surface area contributed by atoms with Gasteiger partial charge >= 0.3 is 5.97 Å². The van der Waals surface area contributed by atoms with Crippen LogP contribution in [0.3, 0.4) is 0 Å². The van der Waals surface area contributed by atoms with E-state index in [0.29, 0.717) is 24.1 Å². The summed E-state index contributed by atoms with van der Waals surface area (Å²) in [7, 11) is -3.83. The van der Waals surface area contributed by atoms with Crippen molar-refractivity contribution in [3.63, 3.8) is 0 Å². The Hall–Kier alpha value is -2.89. The van der Waals surface area contributed by atoms with Crippen LogP contribution in [-0.2, 0) is 24.4 Å². The van der Waals surface area contributed by atoms with Gasteiger partial charge in [-0.25, -0.2) is 18.4 Å². The number of allylic oxidation sites excluding steroid dienone is 2. The quantitative estimate of drug-likeness (QED) is 0.133. The predicted molar refractivity (Wildman–Crippen MR) is 130 cm³/mol. The van der Waals surface area contributed by atoms with E-state index in [2.05, 4.69) is 25.9 Å². The number of carboxylic acid groups (broad SMARTS) is 1. The van der Waals surface area contributed by atoms with Gasteiger partial charge in [0.05, 0.1) is 5.75 Å². The first-order valence-corrected chi connectivity index (χ1v) is 14.4. The van der Waals surface area contributed by atoms with E-state index in [1.807, 2.05) is 12.2 Å². The zero-order chi connectivity index (χ0) is 26.0. The van der Waals surface area contributed by atoms with E-state index in [9.17, 15) is 27.9 Å². The Balaban J connectivity index is 1.53. The molecule has 3 atom stereocenters. The summed E-state index contributed by atoms with van der Waals surface area (Å²) < 4.78 is 23.2. The molecular formula is C19H24N8O6S3.